The van der Waals surface area contributed by atoms with Crippen LogP contribution in [0.25, 0.3) is 27.9 Å². The van der Waals surface area contributed by atoms with Gasteiger partial charge in [0, 0.05) is 48.1 Å². The Morgan fingerprint density at radius 3 is 2.61 bits per heavy atom. The van der Waals surface area contributed by atoms with Crippen LogP contribution in [0.3, 0.4) is 0 Å². The summed E-state index contributed by atoms with van der Waals surface area (Å²) in [5.74, 6) is 2.11. The molecule has 0 unspecified atom stereocenters. The highest BCUT2D eigenvalue weighted by Crippen LogP contribution is 2.33. The quantitative estimate of drug-likeness (QED) is 0.454. The van der Waals surface area contributed by atoms with Crippen LogP contribution in [0.1, 0.15) is 24.8 Å². The smallest absolute Gasteiger partial charge is 0.225 e. The summed E-state index contributed by atoms with van der Waals surface area (Å²) in [5, 5.41) is 10.7. The van der Waals surface area contributed by atoms with E-state index in [1.165, 1.54) is 5.56 Å². The van der Waals surface area contributed by atoms with Crippen LogP contribution in [0.2, 0.25) is 5.02 Å². The summed E-state index contributed by atoms with van der Waals surface area (Å²) in [6.45, 7) is 5.10. The zero-order valence-electron chi connectivity index (χ0n) is 18.5. The minimum absolute atomic E-state index is 0.246. The predicted molar refractivity (Wildman–Crippen MR) is 130 cm³/mol. The number of aryl methyl sites for hydroxylation is 1. The van der Waals surface area contributed by atoms with Crippen LogP contribution in [0.4, 0.5) is 5.95 Å². The summed E-state index contributed by atoms with van der Waals surface area (Å²) in [7, 11) is 0. The van der Waals surface area contributed by atoms with E-state index in [1.807, 2.05) is 23.1 Å². The van der Waals surface area contributed by atoms with Gasteiger partial charge in [0.15, 0.2) is 11.5 Å². The van der Waals surface area contributed by atoms with Crippen LogP contribution in [0, 0.1) is 12.8 Å². The maximum atomic E-state index is 12.7. The molecule has 3 heterocycles. The van der Waals surface area contributed by atoms with E-state index in [0.717, 1.165) is 72.8 Å². The van der Waals surface area contributed by atoms with Gasteiger partial charge in [-0.1, -0.05) is 41.4 Å². The van der Waals surface area contributed by atoms with Gasteiger partial charge in [-0.2, -0.15) is 0 Å². The molecule has 2 fully saturated rings. The predicted octanol–water partition coefficient (Wildman–Crippen LogP) is 4.36. The molecule has 0 atom stereocenters. The topological polar surface area (TPSA) is 66.6 Å². The summed E-state index contributed by atoms with van der Waals surface area (Å²) < 4.78 is 2.05. The van der Waals surface area contributed by atoms with Gasteiger partial charge in [-0.15, -0.1) is 10.2 Å². The lowest BCUT2D eigenvalue weighted by atomic mass is 10.1. The molecule has 1 aliphatic heterocycles. The van der Waals surface area contributed by atoms with Crippen LogP contribution in [0.15, 0.2) is 42.5 Å². The molecule has 0 spiro atoms. The molecule has 6 rings (SSSR count). The molecule has 33 heavy (non-hydrogen) atoms. The number of aromatic nitrogens is 4. The molecular weight excluding hydrogens is 436 g/mol. The lowest BCUT2D eigenvalue weighted by molar-refractivity contribution is -0.132. The summed E-state index contributed by atoms with van der Waals surface area (Å²) in [6.07, 6.45) is 2.97. The Labute approximate surface area is 197 Å². The van der Waals surface area contributed by atoms with Gasteiger partial charge >= 0.3 is 0 Å². The number of benzene rings is 2. The van der Waals surface area contributed by atoms with Crippen molar-refractivity contribution < 1.29 is 4.79 Å². The van der Waals surface area contributed by atoms with Gasteiger partial charge < -0.3 is 9.80 Å². The van der Waals surface area contributed by atoms with Gasteiger partial charge in [0.2, 0.25) is 11.9 Å². The molecule has 8 heteroatoms. The second-order valence-corrected chi connectivity index (χ2v) is 9.50. The van der Waals surface area contributed by atoms with Crippen LogP contribution < -0.4 is 4.90 Å². The number of hydrogen-bond donors (Lipinski definition) is 0. The molecule has 1 saturated carbocycles. The molecule has 0 N–H and O–H groups in total. The number of fused-ring (bicyclic) bond motifs is 3. The van der Waals surface area contributed by atoms with Crippen LogP contribution in [0.5, 0.6) is 0 Å². The maximum absolute atomic E-state index is 12.7. The molecule has 7 nitrogen and oxygen atoms in total. The Bertz CT molecular complexity index is 1360. The number of rotatable bonds is 3. The van der Waals surface area contributed by atoms with Crippen molar-refractivity contribution in [3.63, 3.8) is 0 Å². The van der Waals surface area contributed by atoms with Gasteiger partial charge in [-0.3, -0.25) is 4.79 Å². The third-order valence-corrected chi connectivity index (χ3v) is 6.85. The Morgan fingerprint density at radius 1 is 1.00 bits per heavy atom. The summed E-state index contributed by atoms with van der Waals surface area (Å²) in [6, 6.07) is 14.0. The first kappa shape index (κ1) is 20.4. The van der Waals surface area contributed by atoms with E-state index < -0.39 is 0 Å². The number of anilines is 1. The van der Waals surface area contributed by atoms with Crippen molar-refractivity contribution in [2.75, 3.05) is 31.1 Å². The molecule has 1 amide bonds. The SMILES string of the molecule is Cc1ccc(-c2nnc3c4ccc(Cl)cc4nc(N4CCCN(C(=O)C5CC5)CC4)n23)cc1. The minimum Gasteiger partial charge on any atom is -0.341 e. The van der Waals surface area contributed by atoms with Gasteiger partial charge in [0.1, 0.15) is 0 Å². The largest absolute Gasteiger partial charge is 0.341 e. The number of nitrogens with zero attached hydrogens (tertiary/aromatic N) is 6. The molecule has 2 aliphatic rings. The Kier molecular flexibility index (Phi) is 4.94. The van der Waals surface area contributed by atoms with E-state index in [0.29, 0.717) is 17.5 Å². The van der Waals surface area contributed by atoms with Gasteiger partial charge in [0.05, 0.1) is 5.52 Å². The molecule has 2 aromatic carbocycles. The average molecular weight is 461 g/mol. The number of carbonyl (C=O) groups is 1. The van der Waals surface area contributed by atoms with Crippen molar-refractivity contribution in [3.8, 4) is 11.4 Å². The fourth-order valence-electron chi connectivity index (χ4n) is 4.62. The van der Waals surface area contributed by atoms with E-state index in [9.17, 15) is 4.79 Å². The minimum atomic E-state index is 0.246. The third-order valence-electron chi connectivity index (χ3n) is 6.61. The fourth-order valence-corrected chi connectivity index (χ4v) is 4.79. The highest BCUT2D eigenvalue weighted by atomic mass is 35.5. The molecule has 168 valence electrons. The molecule has 0 radical (unpaired) electrons. The van der Waals surface area contributed by atoms with Crippen LogP contribution in [-0.2, 0) is 4.79 Å². The van der Waals surface area contributed by atoms with E-state index >= 15 is 0 Å². The first-order valence-corrected chi connectivity index (χ1v) is 11.9. The lowest BCUT2D eigenvalue weighted by Gasteiger charge is -2.24. The lowest BCUT2D eigenvalue weighted by Crippen LogP contribution is -2.36. The van der Waals surface area contributed by atoms with E-state index in [1.54, 1.807) is 0 Å². The molecule has 0 bridgehead atoms. The standard InChI is InChI=1S/C25H25ClN6O/c1-16-3-5-17(6-4-16)22-28-29-23-20-10-9-19(26)15-21(20)27-25(32(22)23)31-12-2-11-30(13-14-31)24(33)18-7-8-18/h3-6,9-10,15,18H,2,7-8,11-14H2,1H3. The molecule has 1 saturated heterocycles. The molecule has 1 aliphatic carbocycles. The van der Waals surface area contributed by atoms with E-state index in [-0.39, 0.29) is 5.92 Å². The Balaban J connectivity index is 1.48. The van der Waals surface area contributed by atoms with Crippen molar-refractivity contribution >= 4 is 40.0 Å². The van der Waals surface area contributed by atoms with Crippen LogP contribution in [-0.4, -0.2) is 56.6 Å². The Morgan fingerprint density at radius 2 is 1.82 bits per heavy atom. The number of hydrogen-bond acceptors (Lipinski definition) is 5. The summed E-state index contributed by atoms with van der Waals surface area (Å²) in [5.41, 5.74) is 3.74. The van der Waals surface area contributed by atoms with Gasteiger partial charge in [-0.25, -0.2) is 9.38 Å². The van der Waals surface area contributed by atoms with Crippen molar-refractivity contribution in [2.24, 2.45) is 5.92 Å². The molecular formula is C25H25ClN6O. The normalized spacial score (nSPS) is 17.0. The van der Waals surface area contributed by atoms with Crippen LogP contribution >= 0.6 is 11.6 Å². The number of carbonyl (C=O) groups excluding carboxylic acids is 1. The summed E-state index contributed by atoms with van der Waals surface area (Å²) in [4.78, 5) is 22.0. The van der Waals surface area contributed by atoms with Crippen molar-refractivity contribution in [3.05, 3.63) is 53.1 Å². The van der Waals surface area contributed by atoms with Crippen molar-refractivity contribution in [1.29, 1.82) is 0 Å². The maximum Gasteiger partial charge on any atom is 0.225 e. The van der Waals surface area contributed by atoms with E-state index in [4.69, 9.17) is 16.6 Å². The highest BCUT2D eigenvalue weighted by Gasteiger charge is 2.34. The second kappa shape index (κ2) is 7.99. The van der Waals surface area contributed by atoms with Gasteiger partial charge in [-0.05, 0) is 44.4 Å². The first-order chi connectivity index (χ1) is 16.1. The fraction of sp³-hybridized carbons (Fsp3) is 0.360. The highest BCUT2D eigenvalue weighted by molar-refractivity contribution is 6.31. The number of halogens is 1. The number of amides is 1. The molecule has 2 aromatic heterocycles. The third kappa shape index (κ3) is 3.70. The second-order valence-electron chi connectivity index (χ2n) is 9.06. The zero-order valence-corrected chi connectivity index (χ0v) is 19.3. The average Bonchev–Trinajstić information content (AvgIpc) is 3.61. The summed E-state index contributed by atoms with van der Waals surface area (Å²) >= 11 is 6.30. The van der Waals surface area contributed by atoms with E-state index in [2.05, 4.69) is 50.7 Å². The Hall–Kier alpha value is -3.19. The monoisotopic (exact) mass is 460 g/mol. The first-order valence-electron chi connectivity index (χ1n) is 11.5. The van der Waals surface area contributed by atoms with Crippen molar-refractivity contribution in [1.82, 2.24) is 24.5 Å². The van der Waals surface area contributed by atoms with Crippen molar-refractivity contribution in [2.45, 2.75) is 26.2 Å². The molecule has 4 aromatic rings. The zero-order chi connectivity index (χ0) is 22.5. The van der Waals surface area contributed by atoms with Gasteiger partial charge in [0.25, 0.3) is 0 Å².